The lowest BCUT2D eigenvalue weighted by molar-refractivity contribution is -0.139. The quantitative estimate of drug-likeness (QED) is 0.206. The molecule has 0 spiro atoms. The van der Waals surface area contributed by atoms with Gasteiger partial charge >= 0.3 is 0 Å². The van der Waals surface area contributed by atoms with Crippen molar-refractivity contribution in [1.29, 1.82) is 0 Å². The van der Waals surface area contributed by atoms with Gasteiger partial charge in [0.1, 0.15) is 18.3 Å². The van der Waals surface area contributed by atoms with Gasteiger partial charge in [0.25, 0.3) is 10.0 Å². The van der Waals surface area contributed by atoms with Crippen LogP contribution in [0.1, 0.15) is 16.7 Å². The number of hydrogen-bond acceptors (Lipinski definition) is 5. The van der Waals surface area contributed by atoms with E-state index in [9.17, 15) is 18.0 Å². The normalized spacial score (nSPS) is 11.8. The minimum atomic E-state index is -4.26. The predicted molar refractivity (Wildman–Crippen MR) is 174 cm³/mol. The summed E-state index contributed by atoms with van der Waals surface area (Å²) in [6.45, 7) is 1.20. The second-order valence-corrected chi connectivity index (χ2v) is 12.8. The summed E-state index contributed by atoms with van der Waals surface area (Å²) in [5.41, 5.74) is 2.49. The van der Waals surface area contributed by atoms with Gasteiger partial charge in [-0.2, -0.15) is 0 Å². The molecule has 0 aliphatic heterocycles. The molecule has 1 N–H and O–H groups in total. The van der Waals surface area contributed by atoms with Crippen LogP contribution in [0.15, 0.2) is 102 Å². The van der Waals surface area contributed by atoms with Crippen molar-refractivity contribution in [3.05, 3.63) is 124 Å². The number of aryl methyl sites for hydroxylation is 1. The van der Waals surface area contributed by atoms with E-state index in [1.807, 2.05) is 37.3 Å². The number of sulfonamides is 1. The standard InChI is InChI=1S/C33H33Cl2N3O5S/c1-23-13-16-26(17-14-23)44(41,42)38(29-11-7-8-12-31(29)43-3)22-32(39)37(21-25-15-18-27(34)28(35)19-25)30(33(40)36-2)20-24-9-5-4-6-10-24/h4-19,30H,20-22H2,1-3H3,(H,36,40)/t30-/m1/s1. The molecule has 1 atom stereocenters. The minimum absolute atomic E-state index is 0.00461. The Morgan fingerprint density at radius 2 is 1.52 bits per heavy atom. The molecule has 44 heavy (non-hydrogen) atoms. The molecule has 230 valence electrons. The number of benzene rings is 4. The molecule has 4 aromatic carbocycles. The molecular formula is C33H33Cl2N3O5S. The summed E-state index contributed by atoms with van der Waals surface area (Å²) in [5.74, 6) is -0.756. The number of likely N-dealkylation sites (N-methyl/N-ethyl adjacent to an activating group) is 1. The topological polar surface area (TPSA) is 96.0 Å². The Morgan fingerprint density at radius 1 is 0.864 bits per heavy atom. The monoisotopic (exact) mass is 653 g/mol. The smallest absolute Gasteiger partial charge is 0.264 e. The van der Waals surface area contributed by atoms with Gasteiger partial charge in [-0.1, -0.05) is 89.4 Å². The van der Waals surface area contributed by atoms with Crippen molar-refractivity contribution < 1.29 is 22.7 Å². The van der Waals surface area contributed by atoms with Gasteiger partial charge in [-0.05, 0) is 54.4 Å². The predicted octanol–water partition coefficient (Wildman–Crippen LogP) is 5.89. The number of nitrogens with one attached hydrogen (secondary N) is 1. The zero-order valence-corrected chi connectivity index (χ0v) is 26.9. The summed E-state index contributed by atoms with van der Waals surface area (Å²) >= 11 is 12.4. The van der Waals surface area contributed by atoms with Crippen molar-refractivity contribution >= 4 is 50.7 Å². The summed E-state index contributed by atoms with van der Waals surface area (Å²) in [5, 5.41) is 3.29. The maximum absolute atomic E-state index is 14.4. The van der Waals surface area contributed by atoms with E-state index >= 15 is 0 Å². The largest absolute Gasteiger partial charge is 0.495 e. The molecule has 4 rings (SSSR count). The van der Waals surface area contributed by atoms with Crippen molar-refractivity contribution in [2.45, 2.75) is 30.8 Å². The van der Waals surface area contributed by atoms with Crippen molar-refractivity contribution in [3.8, 4) is 5.75 Å². The molecule has 0 saturated heterocycles. The van der Waals surface area contributed by atoms with E-state index in [4.69, 9.17) is 27.9 Å². The molecular weight excluding hydrogens is 621 g/mol. The number of ether oxygens (including phenoxy) is 1. The van der Waals surface area contributed by atoms with Crippen LogP contribution in [0.3, 0.4) is 0 Å². The first-order valence-corrected chi connectivity index (χ1v) is 16.0. The van der Waals surface area contributed by atoms with Gasteiger partial charge in [0.2, 0.25) is 11.8 Å². The maximum Gasteiger partial charge on any atom is 0.264 e. The summed E-state index contributed by atoms with van der Waals surface area (Å²) < 4.78 is 34.8. The number of nitrogens with zero attached hydrogens (tertiary/aromatic N) is 2. The van der Waals surface area contributed by atoms with Crippen LogP contribution in [0.2, 0.25) is 10.0 Å². The number of methoxy groups -OCH3 is 1. The Morgan fingerprint density at radius 3 is 2.16 bits per heavy atom. The fourth-order valence-corrected chi connectivity index (χ4v) is 6.49. The van der Waals surface area contributed by atoms with Crippen LogP contribution in [-0.2, 0) is 32.6 Å². The third kappa shape index (κ3) is 7.72. The maximum atomic E-state index is 14.4. The van der Waals surface area contributed by atoms with Crippen LogP contribution < -0.4 is 14.4 Å². The summed E-state index contributed by atoms with van der Waals surface area (Å²) in [6.07, 6.45) is 0.187. The minimum Gasteiger partial charge on any atom is -0.495 e. The van der Waals surface area contributed by atoms with Gasteiger partial charge in [0.05, 0.1) is 27.7 Å². The van der Waals surface area contributed by atoms with Crippen LogP contribution in [0, 0.1) is 6.92 Å². The Hall–Kier alpha value is -4.05. The van der Waals surface area contributed by atoms with E-state index in [0.717, 1.165) is 15.4 Å². The van der Waals surface area contributed by atoms with Gasteiger partial charge in [-0.3, -0.25) is 13.9 Å². The first-order valence-electron chi connectivity index (χ1n) is 13.8. The number of amides is 2. The molecule has 0 bridgehead atoms. The Balaban J connectivity index is 1.82. The zero-order chi connectivity index (χ0) is 31.9. The molecule has 2 amide bonds. The second kappa shape index (κ2) is 14.6. The van der Waals surface area contributed by atoms with Crippen molar-refractivity contribution in [1.82, 2.24) is 10.2 Å². The number of carbonyl (C=O) groups is 2. The number of halogens is 2. The molecule has 8 nitrogen and oxygen atoms in total. The highest BCUT2D eigenvalue weighted by molar-refractivity contribution is 7.92. The highest BCUT2D eigenvalue weighted by Crippen LogP contribution is 2.33. The molecule has 0 radical (unpaired) electrons. The molecule has 11 heteroatoms. The molecule has 0 saturated carbocycles. The third-order valence-electron chi connectivity index (χ3n) is 7.10. The van der Waals surface area contributed by atoms with Crippen molar-refractivity contribution in [2.24, 2.45) is 0 Å². The summed E-state index contributed by atoms with van der Waals surface area (Å²) in [7, 11) is -1.34. The Kier molecular flexibility index (Phi) is 10.9. The number of carbonyl (C=O) groups excluding carboxylic acids is 2. The molecule has 0 aliphatic carbocycles. The summed E-state index contributed by atoms with van der Waals surface area (Å²) in [4.78, 5) is 29.2. The second-order valence-electron chi connectivity index (χ2n) is 10.1. The van der Waals surface area contributed by atoms with Crippen LogP contribution in [0.5, 0.6) is 5.75 Å². The molecule has 0 heterocycles. The molecule has 0 fully saturated rings. The number of anilines is 1. The lowest BCUT2D eigenvalue weighted by atomic mass is 10.0. The highest BCUT2D eigenvalue weighted by Gasteiger charge is 2.35. The van der Waals surface area contributed by atoms with Crippen molar-refractivity contribution in [3.63, 3.8) is 0 Å². The average Bonchev–Trinajstić information content (AvgIpc) is 3.03. The molecule has 0 aliphatic rings. The fourth-order valence-electron chi connectivity index (χ4n) is 4.74. The van der Waals surface area contributed by atoms with Crippen LogP contribution >= 0.6 is 23.2 Å². The van der Waals surface area contributed by atoms with E-state index in [-0.39, 0.29) is 34.3 Å². The lowest BCUT2D eigenvalue weighted by Gasteiger charge is -2.34. The fraction of sp³-hybridized carbons (Fsp3) is 0.212. The molecule has 0 unspecified atom stereocenters. The first kappa shape index (κ1) is 32.9. The van der Waals surface area contributed by atoms with E-state index in [2.05, 4.69) is 5.32 Å². The SMILES string of the molecule is CNC(=O)[C@@H](Cc1ccccc1)N(Cc1ccc(Cl)c(Cl)c1)C(=O)CN(c1ccccc1OC)S(=O)(=O)c1ccc(C)cc1. The van der Waals surface area contributed by atoms with E-state index in [0.29, 0.717) is 10.6 Å². The van der Waals surface area contributed by atoms with Crippen LogP contribution in [0.25, 0.3) is 0 Å². The summed E-state index contributed by atoms with van der Waals surface area (Å²) in [6, 6.07) is 26.2. The van der Waals surface area contributed by atoms with Gasteiger partial charge < -0.3 is 15.0 Å². The highest BCUT2D eigenvalue weighted by atomic mass is 35.5. The van der Waals surface area contributed by atoms with Crippen LogP contribution in [-0.4, -0.2) is 51.9 Å². The van der Waals surface area contributed by atoms with Gasteiger partial charge in [-0.25, -0.2) is 8.42 Å². The van der Waals surface area contributed by atoms with E-state index in [1.165, 1.54) is 31.2 Å². The first-order chi connectivity index (χ1) is 21.0. The van der Waals surface area contributed by atoms with Gasteiger partial charge in [0.15, 0.2) is 0 Å². The van der Waals surface area contributed by atoms with Crippen LogP contribution in [0.4, 0.5) is 5.69 Å². The Labute approximate surface area is 268 Å². The molecule has 4 aromatic rings. The third-order valence-corrected chi connectivity index (χ3v) is 9.61. The average molecular weight is 655 g/mol. The number of rotatable bonds is 12. The molecule has 0 aromatic heterocycles. The van der Waals surface area contributed by atoms with Crippen molar-refractivity contribution in [2.75, 3.05) is 25.0 Å². The van der Waals surface area contributed by atoms with Gasteiger partial charge in [-0.15, -0.1) is 0 Å². The Bertz CT molecular complexity index is 1720. The van der Waals surface area contributed by atoms with Gasteiger partial charge in [0, 0.05) is 20.0 Å². The lowest BCUT2D eigenvalue weighted by Crippen LogP contribution is -2.53. The zero-order valence-electron chi connectivity index (χ0n) is 24.5. The van der Waals surface area contributed by atoms with E-state index in [1.54, 1.807) is 54.6 Å². The number of para-hydroxylation sites is 2. The number of hydrogen-bond donors (Lipinski definition) is 1. The van der Waals surface area contributed by atoms with E-state index < -0.39 is 34.4 Å².